The summed E-state index contributed by atoms with van der Waals surface area (Å²) in [6, 6.07) is 52.8. The van der Waals surface area contributed by atoms with E-state index in [0.29, 0.717) is 0 Å². The van der Waals surface area contributed by atoms with Crippen molar-refractivity contribution in [3.63, 3.8) is 0 Å². The fourth-order valence-electron chi connectivity index (χ4n) is 9.91. The maximum atomic E-state index is 6.86. The number of hydrogen-bond donors (Lipinski definition) is 0. The molecule has 7 aromatic carbocycles. The molecule has 0 spiro atoms. The van der Waals surface area contributed by atoms with Gasteiger partial charge in [0.15, 0.2) is 0 Å². The van der Waals surface area contributed by atoms with Crippen LogP contribution in [0, 0.1) is 0 Å². The number of furan rings is 2. The van der Waals surface area contributed by atoms with Gasteiger partial charge in [0.1, 0.15) is 22.3 Å². The molecular weight excluding hydrogens is 635 g/mol. The molecule has 1 aliphatic carbocycles. The Hall–Kier alpha value is -6.06. The molecule has 0 N–H and O–H groups in total. The van der Waals surface area contributed by atoms with E-state index in [2.05, 4.69) is 178 Å². The van der Waals surface area contributed by atoms with E-state index in [4.69, 9.17) is 8.83 Å². The summed E-state index contributed by atoms with van der Waals surface area (Å²) in [5.74, 6) is 0.133. The zero-order chi connectivity index (χ0) is 34.9. The number of hydrogen-bond acceptors (Lipinski definition) is 3. The smallest absolute Gasteiger partial charge is 0.136 e. The molecule has 0 bridgehead atoms. The zero-order valence-corrected chi connectivity index (χ0v) is 29.7. The van der Waals surface area contributed by atoms with Gasteiger partial charge in [-0.25, -0.2) is 0 Å². The molecule has 0 radical (unpaired) electrons. The fourth-order valence-corrected chi connectivity index (χ4v) is 9.91. The summed E-state index contributed by atoms with van der Waals surface area (Å²) < 4.78 is 13.7. The predicted molar refractivity (Wildman–Crippen MR) is 214 cm³/mol. The second-order valence-corrected chi connectivity index (χ2v) is 15.7. The largest absolute Gasteiger partial charge is 0.456 e. The van der Waals surface area contributed by atoms with Gasteiger partial charge >= 0.3 is 0 Å². The summed E-state index contributed by atoms with van der Waals surface area (Å²) >= 11 is 0. The topological polar surface area (TPSA) is 29.5 Å². The highest BCUT2D eigenvalue weighted by molar-refractivity contribution is 6.18. The van der Waals surface area contributed by atoms with Crippen LogP contribution in [0.3, 0.4) is 0 Å². The summed E-state index contributed by atoms with van der Waals surface area (Å²) in [4.78, 5) is 2.41. The van der Waals surface area contributed by atoms with Crippen LogP contribution in [0.15, 0.2) is 154 Å². The van der Waals surface area contributed by atoms with Crippen molar-refractivity contribution in [1.82, 2.24) is 0 Å². The van der Waals surface area contributed by atoms with E-state index in [1.54, 1.807) is 0 Å². The molecule has 0 fully saturated rings. The van der Waals surface area contributed by atoms with E-state index in [9.17, 15) is 0 Å². The van der Waals surface area contributed by atoms with Gasteiger partial charge in [-0.15, -0.1) is 0 Å². The molecule has 52 heavy (non-hydrogen) atoms. The highest BCUT2D eigenvalue weighted by Gasteiger charge is 2.41. The maximum absolute atomic E-state index is 6.86. The molecule has 3 heterocycles. The number of rotatable bonds is 2. The Kier molecular flexibility index (Phi) is 5.85. The van der Waals surface area contributed by atoms with Crippen molar-refractivity contribution in [2.45, 2.75) is 44.4 Å². The van der Waals surface area contributed by atoms with E-state index in [1.165, 1.54) is 55.7 Å². The van der Waals surface area contributed by atoms with Crippen molar-refractivity contribution in [2.24, 2.45) is 0 Å². The monoisotopic (exact) mass is 671 g/mol. The van der Waals surface area contributed by atoms with E-state index in [1.807, 2.05) is 0 Å². The van der Waals surface area contributed by atoms with Gasteiger partial charge < -0.3 is 13.7 Å². The van der Waals surface area contributed by atoms with Crippen molar-refractivity contribution < 1.29 is 8.83 Å². The SMILES string of the molecule is CC1(C)c2ccccc2C(c2ccccc2)c2ccc3oc4cc5c(cc4c3c21)oc1ccc2c(c15)C(C)(C)c1ccccc1N2c1ccccc1. The van der Waals surface area contributed by atoms with Gasteiger partial charge in [0.05, 0.1) is 11.4 Å². The van der Waals surface area contributed by atoms with Crippen molar-refractivity contribution in [1.29, 1.82) is 0 Å². The first kappa shape index (κ1) is 29.6. The first-order valence-corrected chi connectivity index (χ1v) is 18.3. The summed E-state index contributed by atoms with van der Waals surface area (Å²) in [6.45, 7) is 9.43. The average molecular weight is 672 g/mol. The van der Waals surface area contributed by atoms with Crippen LogP contribution in [0.25, 0.3) is 43.9 Å². The normalized spacial score (nSPS) is 16.9. The van der Waals surface area contributed by atoms with E-state index in [0.717, 1.165) is 44.2 Å². The minimum absolute atomic E-state index is 0.133. The molecule has 11 rings (SSSR count). The number of nitrogens with zero attached hydrogens (tertiary/aromatic N) is 1. The molecule has 9 aromatic rings. The summed E-state index contributed by atoms with van der Waals surface area (Å²) in [7, 11) is 0. The summed E-state index contributed by atoms with van der Waals surface area (Å²) in [5, 5.41) is 4.51. The van der Waals surface area contributed by atoms with E-state index < -0.39 is 0 Å². The highest BCUT2D eigenvalue weighted by atomic mass is 16.3. The van der Waals surface area contributed by atoms with Gasteiger partial charge in [-0.2, -0.15) is 0 Å². The van der Waals surface area contributed by atoms with Gasteiger partial charge in [0.25, 0.3) is 0 Å². The van der Waals surface area contributed by atoms with Crippen LogP contribution in [0.1, 0.15) is 72.6 Å². The first-order valence-electron chi connectivity index (χ1n) is 18.3. The van der Waals surface area contributed by atoms with Crippen LogP contribution in [-0.2, 0) is 10.8 Å². The molecule has 0 amide bonds. The molecule has 2 aliphatic rings. The van der Waals surface area contributed by atoms with Gasteiger partial charge in [-0.3, -0.25) is 0 Å². The minimum Gasteiger partial charge on any atom is -0.456 e. The lowest BCUT2D eigenvalue weighted by molar-refractivity contribution is 0.601. The Bertz CT molecular complexity index is 2710. The molecule has 0 saturated carbocycles. The maximum Gasteiger partial charge on any atom is 0.136 e. The van der Waals surface area contributed by atoms with E-state index >= 15 is 0 Å². The standard InChI is InChI=1S/C49H37NO2/c1-48(2)35-20-12-11-19-31(35)43(29-15-7-5-8-16-29)32-23-25-39-44(46(32)48)33-27-42-34(28-41(33)51-39)45-40(52-42)26-24-38-47(45)49(3,4)36-21-13-14-22-37(36)50(38)30-17-9-6-10-18-30/h5-28,43H,1-4H3. The molecule has 3 nitrogen and oxygen atoms in total. The van der Waals surface area contributed by atoms with Crippen LogP contribution in [0.2, 0.25) is 0 Å². The van der Waals surface area contributed by atoms with Crippen LogP contribution in [0.4, 0.5) is 17.1 Å². The zero-order valence-electron chi connectivity index (χ0n) is 29.7. The summed E-state index contributed by atoms with van der Waals surface area (Å²) in [5.41, 5.74) is 15.8. The second kappa shape index (κ2) is 10.3. The molecule has 1 unspecified atom stereocenters. The number of anilines is 3. The lowest BCUT2D eigenvalue weighted by Gasteiger charge is -2.42. The van der Waals surface area contributed by atoms with Gasteiger partial charge in [-0.1, -0.05) is 125 Å². The lowest BCUT2D eigenvalue weighted by Crippen LogP contribution is -2.30. The Morgan fingerprint density at radius 2 is 1.02 bits per heavy atom. The van der Waals surface area contributed by atoms with E-state index in [-0.39, 0.29) is 16.7 Å². The molecule has 1 aliphatic heterocycles. The van der Waals surface area contributed by atoms with Gasteiger partial charge in [0, 0.05) is 44.0 Å². The van der Waals surface area contributed by atoms with Crippen molar-refractivity contribution in [2.75, 3.05) is 4.90 Å². The molecule has 3 heteroatoms. The fraction of sp³-hybridized carbons (Fsp3) is 0.143. The van der Waals surface area contributed by atoms with Crippen molar-refractivity contribution >= 4 is 60.9 Å². The van der Waals surface area contributed by atoms with Gasteiger partial charge in [0.2, 0.25) is 0 Å². The number of para-hydroxylation sites is 2. The average Bonchev–Trinajstić information content (AvgIpc) is 3.72. The molecule has 250 valence electrons. The quantitative estimate of drug-likeness (QED) is 0.183. The van der Waals surface area contributed by atoms with Gasteiger partial charge in [-0.05, 0) is 87.5 Å². The van der Waals surface area contributed by atoms with Crippen LogP contribution < -0.4 is 4.90 Å². The molecular formula is C49H37NO2. The van der Waals surface area contributed by atoms with Crippen LogP contribution >= 0.6 is 0 Å². The third-order valence-corrected chi connectivity index (χ3v) is 12.1. The summed E-state index contributed by atoms with van der Waals surface area (Å²) in [6.07, 6.45) is 0. The lowest BCUT2D eigenvalue weighted by atomic mass is 9.63. The Labute approximate surface area is 302 Å². The highest BCUT2D eigenvalue weighted by Crippen LogP contribution is 2.57. The Morgan fingerprint density at radius 3 is 1.73 bits per heavy atom. The second-order valence-electron chi connectivity index (χ2n) is 15.7. The number of benzene rings is 7. The third kappa shape index (κ3) is 3.80. The first-order chi connectivity index (χ1) is 25.3. The Morgan fingerprint density at radius 1 is 0.462 bits per heavy atom. The third-order valence-electron chi connectivity index (χ3n) is 12.1. The van der Waals surface area contributed by atoms with Crippen molar-refractivity contribution in [3.8, 4) is 0 Å². The predicted octanol–water partition coefficient (Wildman–Crippen LogP) is 13.4. The van der Waals surface area contributed by atoms with Crippen LogP contribution in [-0.4, -0.2) is 0 Å². The molecule has 2 aromatic heterocycles. The van der Waals surface area contributed by atoms with Crippen molar-refractivity contribution in [3.05, 3.63) is 185 Å². The molecule has 1 atom stereocenters. The minimum atomic E-state index is -0.278. The Balaban J connectivity index is 1.20. The van der Waals surface area contributed by atoms with Crippen LogP contribution in [0.5, 0.6) is 0 Å². The molecule has 0 saturated heterocycles. The number of fused-ring (bicyclic) bond motifs is 12.